The Labute approximate surface area is 121 Å². The largest absolute Gasteiger partial charge is 0.473 e. The van der Waals surface area contributed by atoms with Crippen molar-refractivity contribution in [3.8, 4) is 5.88 Å². The Hall–Kier alpha value is -1.05. The van der Waals surface area contributed by atoms with Crippen LogP contribution in [-0.4, -0.2) is 36.3 Å². The Kier molecular flexibility index (Phi) is 4.13. The molecular formula is C13H20N2O4S. The average Bonchev–Trinajstić information content (AvgIpc) is 2.25. The van der Waals surface area contributed by atoms with Crippen molar-refractivity contribution < 1.29 is 18.2 Å². The standard InChI is InChI=1S/C13H20N2O4S/c1-12(2)7-9(8-13(3,4)19-12)18-10-5-6-11(15-14-10)20(16)17/h5-6,9H,7-8H2,1-4H3,(H,16,17). The van der Waals surface area contributed by atoms with E-state index < -0.39 is 11.1 Å². The maximum Gasteiger partial charge on any atom is 0.233 e. The summed E-state index contributed by atoms with van der Waals surface area (Å²) < 4.78 is 31.5. The van der Waals surface area contributed by atoms with Crippen molar-refractivity contribution >= 4 is 11.1 Å². The second-order valence-electron chi connectivity index (χ2n) is 6.23. The molecule has 0 aliphatic carbocycles. The summed E-state index contributed by atoms with van der Waals surface area (Å²) in [6, 6.07) is 3.00. The van der Waals surface area contributed by atoms with Crippen LogP contribution < -0.4 is 4.74 Å². The molecule has 1 aromatic heterocycles. The molecule has 0 saturated carbocycles. The smallest absolute Gasteiger partial charge is 0.233 e. The van der Waals surface area contributed by atoms with Crippen LogP contribution in [0.15, 0.2) is 17.2 Å². The highest BCUT2D eigenvalue weighted by Gasteiger charge is 2.40. The van der Waals surface area contributed by atoms with Crippen LogP contribution in [0.2, 0.25) is 0 Å². The molecule has 1 unspecified atom stereocenters. The Bertz CT molecular complexity index is 486. The van der Waals surface area contributed by atoms with E-state index in [0.29, 0.717) is 5.88 Å². The maximum atomic E-state index is 10.8. The van der Waals surface area contributed by atoms with Gasteiger partial charge >= 0.3 is 0 Å². The van der Waals surface area contributed by atoms with Crippen molar-refractivity contribution in [1.29, 1.82) is 0 Å². The molecule has 0 aromatic carbocycles. The minimum absolute atomic E-state index is 0.0185. The molecule has 7 heteroatoms. The van der Waals surface area contributed by atoms with Crippen LogP contribution in [0.3, 0.4) is 0 Å². The molecule has 2 rings (SSSR count). The quantitative estimate of drug-likeness (QED) is 0.862. The van der Waals surface area contributed by atoms with Gasteiger partial charge in [-0.05, 0) is 33.8 Å². The molecule has 1 aliphatic heterocycles. The maximum absolute atomic E-state index is 10.8. The van der Waals surface area contributed by atoms with E-state index in [2.05, 4.69) is 10.2 Å². The SMILES string of the molecule is CC1(C)CC(Oc2ccc(S(=O)O)nn2)CC(C)(C)O1. The van der Waals surface area contributed by atoms with Crippen molar-refractivity contribution in [1.82, 2.24) is 10.2 Å². The van der Waals surface area contributed by atoms with Crippen LogP contribution in [0.25, 0.3) is 0 Å². The zero-order valence-corrected chi connectivity index (χ0v) is 12.9. The van der Waals surface area contributed by atoms with Gasteiger partial charge in [0.15, 0.2) is 5.03 Å². The first-order valence-electron chi connectivity index (χ1n) is 6.48. The number of ether oxygens (including phenoxy) is 2. The molecule has 0 amide bonds. The van der Waals surface area contributed by atoms with Crippen molar-refractivity contribution in [3.05, 3.63) is 12.1 Å². The van der Waals surface area contributed by atoms with E-state index in [9.17, 15) is 4.21 Å². The van der Waals surface area contributed by atoms with Crippen LogP contribution >= 0.6 is 0 Å². The van der Waals surface area contributed by atoms with Gasteiger partial charge in [0.25, 0.3) is 0 Å². The normalized spacial score (nSPS) is 23.2. The predicted octanol–water partition coefficient (Wildman–Crippen LogP) is 2.17. The summed E-state index contributed by atoms with van der Waals surface area (Å²) in [6.45, 7) is 8.14. The van der Waals surface area contributed by atoms with Gasteiger partial charge in [0.05, 0.1) is 11.2 Å². The molecule has 0 bridgehead atoms. The van der Waals surface area contributed by atoms with Gasteiger partial charge in [-0.3, -0.25) is 0 Å². The van der Waals surface area contributed by atoms with E-state index in [0.717, 1.165) is 12.8 Å². The summed E-state index contributed by atoms with van der Waals surface area (Å²) in [5.74, 6) is 0.359. The third-order valence-electron chi connectivity index (χ3n) is 3.07. The summed E-state index contributed by atoms with van der Waals surface area (Å²) in [4.78, 5) is 0. The van der Waals surface area contributed by atoms with Gasteiger partial charge in [-0.2, -0.15) is 0 Å². The highest BCUT2D eigenvalue weighted by atomic mass is 32.2. The van der Waals surface area contributed by atoms with E-state index in [1.54, 1.807) is 6.07 Å². The summed E-state index contributed by atoms with van der Waals surface area (Å²) >= 11 is -2.12. The Morgan fingerprint density at radius 1 is 1.25 bits per heavy atom. The van der Waals surface area contributed by atoms with Gasteiger partial charge in [-0.1, -0.05) is 0 Å². The second kappa shape index (κ2) is 5.38. The van der Waals surface area contributed by atoms with Gasteiger partial charge in [0.1, 0.15) is 6.10 Å². The van der Waals surface area contributed by atoms with Crippen LogP contribution in [0, 0.1) is 0 Å². The lowest BCUT2D eigenvalue weighted by Gasteiger charge is -2.44. The Balaban J connectivity index is 2.07. The van der Waals surface area contributed by atoms with Gasteiger partial charge in [0.2, 0.25) is 17.0 Å². The number of rotatable bonds is 3. The summed E-state index contributed by atoms with van der Waals surface area (Å²) in [6.07, 6.45) is 1.49. The number of hydrogen-bond donors (Lipinski definition) is 1. The highest BCUT2D eigenvalue weighted by Crippen LogP contribution is 2.36. The van der Waals surface area contributed by atoms with E-state index in [1.165, 1.54) is 6.07 Å². The van der Waals surface area contributed by atoms with Crippen LogP contribution in [0.1, 0.15) is 40.5 Å². The first-order chi connectivity index (χ1) is 9.17. The fraction of sp³-hybridized carbons (Fsp3) is 0.692. The number of nitrogens with zero attached hydrogens (tertiary/aromatic N) is 2. The molecule has 0 spiro atoms. The van der Waals surface area contributed by atoms with Gasteiger partial charge < -0.3 is 14.0 Å². The minimum atomic E-state index is -2.12. The van der Waals surface area contributed by atoms with E-state index >= 15 is 0 Å². The third-order valence-corrected chi connectivity index (χ3v) is 3.65. The lowest BCUT2D eigenvalue weighted by atomic mass is 9.87. The first kappa shape index (κ1) is 15.3. The lowest BCUT2D eigenvalue weighted by Crippen LogP contribution is -2.49. The van der Waals surface area contributed by atoms with E-state index in [-0.39, 0.29) is 22.3 Å². The zero-order valence-electron chi connectivity index (χ0n) is 12.1. The van der Waals surface area contributed by atoms with Crippen LogP contribution in [0.4, 0.5) is 0 Å². The second-order valence-corrected chi connectivity index (χ2v) is 7.15. The van der Waals surface area contributed by atoms with Gasteiger partial charge in [-0.15, -0.1) is 10.2 Å². The van der Waals surface area contributed by atoms with Crippen LogP contribution in [0.5, 0.6) is 5.88 Å². The fourth-order valence-electron chi connectivity index (χ4n) is 2.72. The molecule has 2 heterocycles. The molecule has 20 heavy (non-hydrogen) atoms. The molecule has 1 N–H and O–H groups in total. The van der Waals surface area contributed by atoms with Crippen molar-refractivity contribution in [2.75, 3.05) is 0 Å². The molecule has 6 nitrogen and oxygen atoms in total. The molecule has 1 aromatic rings. The molecule has 0 radical (unpaired) electrons. The molecule has 1 fully saturated rings. The third kappa shape index (κ3) is 3.97. The number of hydrogen-bond acceptors (Lipinski definition) is 5. The predicted molar refractivity (Wildman–Crippen MR) is 74.0 cm³/mol. The first-order valence-corrected chi connectivity index (χ1v) is 7.59. The van der Waals surface area contributed by atoms with Crippen LogP contribution in [-0.2, 0) is 15.8 Å². The summed E-state index contributed by atoms with van der Waals surface area (Å²) in [7, 11) is 0. The molecule has 112 valence electrons. The Morgan fingerprint density at radius 2 is 1.85 bits per heavy atom. The van der Waals surface area contributed by atoms with Gasteiger partial charge in [0, 0.05) is 18.9 Å². The highest BCUT2D eigenvalue weighted by molar-refractivity contribution is 7.79. The fourth-order valence-corrected chi connectivity index (χ4v) is 3.01. The zero-order chi connectivity index (χ0) is 15.0. The number of aromatic nitrogens is 2. The van der Waals surface area contributed by atoms with Crippen molar-refractivity contribution in [2.24, 2.45) is 0 Å². The summed E-state index contributed by atoms with van der Waals surface area (Å²) in [5, 5.41) is 7.50. The Morgan fingerprint density at radius 3 is 2.30 bits per heavy atom. The lowest BCUT2D eigenvalue weighted by molar-refractivity contribution is -0.182. The van der Waals surface area contributed by atoms with E-state index in [1.807, 2.05) is 27.7 Å². The topological polar surface area (TPSA) is 81.5 Å². The monoisotopic (exact) mass is 300 g/mol. The average molecular weight is 300 g/mol. The van der Waals surface area contributed by atoms with Crippen molar-refractivity contribution in [3.63, 3.8) is 0 Å². The minimum Gasteiger partial charge on any atom is -0.473 e. The summed E-state index contributed by atoms with van der Waals surface area (Å²) in [5.41, 5.74) is -0.515. The van der Waals surface area contributed by atoms with Gasteiger partial charge in [-0.25, -0.2) is 4.21 Å². The molecule has 1 atom stereocenters. The molecular weight excluding hydrogens is 280 g/mol. The van der Waals surface area contributed by atoms with Crippen molar-refractivity contribution in [2.45, 2.75) is 62.9 Å². The molecule has 1 saturated heterocycles. The van der Waals surface area contributed by atoms with E-state index in [4.69, 9.17) is 14.0 Å². The molecule has 1 aliphatic rings.